The molecule has 0 fully saturated rings. The Morgan fingerprint density at radius 2 is 1.59 bits per heavy atom. The topological polar surface area (TPSA) is 86.1 Å². The maximum Gasteiger partial charge on any atom is 0.241 e. The number of hydrogen-bond donors (Lipinski definition) is 1. The van der Waals surface area contributed by atoms with Crippen molar-refractivity contribution in [2.75, 3.05) is 7.11 Å². The molecule has 148 valence electrons. The van der Waals surface area contributed by atoms with Crippen LogP contribution in [0.4, 0.5) is 0 Å². The highest BCUT2D eigenvalue weighted by Crippen LogP contribution is 2.29. The van der Waals surface area contributed by atoms with Crippen LogP contribution >= 0.6 is 0 Å². The molecule has 0 radical (unpaired) electrons. The van der Waals surface area contributed by atoms with E-state index in [2.05, 4.69) is 14.9 Å². The average molecular weight is 408 g/mol. The molecular weight excluding hydrogens is 388 g/mol. The molecule has 1 heterocycles. The summed E-state index contributed by atoms with van der Waals surface area (Å²) in [5.41, 5.74) is 3.51. The second-order valence-electron chi connectivity index (χ2n) is 6.58. The van der Waals surface area contributed by atoms with Gasteiger partial charge in [-0.25, -0.2) is 13.1 Å². The highest BCUT2D eigenvalue weighted by molar-refractivity contribution is 7.89. The predicted octanol–water partition coefficient (Wildman–Crippen LogP) is 3.22. The third kappa shape index (κ3) is 3.85. The summed E-state index contributed by atoms with van der Waals surface area (Å²) in [6, 6.07) is 20.1. The Hall–Kier alpha value is -3.23. The number of aromatic nitrogens is 3. The van der Waals surface area contributed by atoms with Gasteiger partial charge in [-0.1, -0.05) is 42.5 Å². The molecule has 0 bridgehead atoms. The summed E-state index contributed by atoms with van der Waals surface area (Å²) in [6.07, 6.45) is 0. The Labute approximate surface area is 169 Å². The summed E-state index contributed by atoms with van der Waals surface area (Å²) in [5, 5.41) is 8.92. The third-order valence-electron chi connectivity index (χ3n) is 4.58. The van der Waals surface area contributed by atoms with Crippen LogP contribution in [0.5, 0.6) is 5.75 Å². The van der Waals surface area contributed by atoms with E-state index in [0.717, 1.165) is 16.6 Å². The van der Waals surface area contributed by atoms with Crippen molar-refractivity contribution < 1.29 is 13.2 Å². The van der Waals surface area contributed by atoms with Gasteiger partial charge < -0.3 is 4.74 Å². The van der Waals surface area contributed by atoms with Gasteiger partial charge in [0, 0.05) is 12.6 Å². The van der Waals surface area contributed by atoms with E-state index in [1.54, 1.807) is 13.0 Å². The van der Waals surface area contributed by atoms with Crippen LogP contribution in [0.1, 0.15) is 11.1 Å². The van der Waals surface area contributed by atoms with Gasteiger partial charge in [-0.15, -0.1) is 15.0 Å². The number of ether oxygens (including phenoxy) is 1. The van der Waals surface area contributed by atoms with Gasteiger partial charge in [-0.3, -0.25) is 0 Å². The molecule has 29 heavy (non-hydrogen) atoms. The quantitative estimate of drug-likeness (QED) is 0.529. The minimum absolute atomic E-state index is 0.158. The fourth-order valence-corrected chi connectivity index (χ4v) is 4.34. The molecule has 3 aromatic carbocycles. The van der Waals surface area contributed by atoms with Crippen molar-refractivity contribution in [2.45, 2.75) is 18.4 Å². The van der Waals surface area contributed by atoms with Crippen molar-refractivity contribution in [3.8, 4) is 11.4 Å². The smallest absolute Gasteiger partial charge is 0.241 e. The number of nitrogens with zero attached hydrogens (tertiary/aromatic N) is 3. The highest BCUT2D eigenvalue weighted by atomic mass is 32.2. The van der Waals surface area contributed by atoms with Gasteiger partial charge in [0.2, 0.25) is 10.0 Å². The lowest BCUT2D eigenvalue weighted by atomic mass is 10.2. The zero-order valence-corrected chi connectivity index (χ0v) is 16.8. The molecule has 0 saturated carbocycles. The molecule has 0 spiro atoms. The molecule has 1 aromatic heterocycles. The zero-order chi connectivity index (χ0) is 20.4. The SMILES string of the molecule is COc1cc(S(=O)(=O)NCc2ccccc2)c(C)cc1-n1nc2ccccc2n1. The molecular formula is C21H20N4O3S. The van der Waals surface area contributed by atoms with E-state index in [0.29, 0.717) is 17.0 Å². The van der Waals surface area contributed by atoms with E-state index in [4.69, 9.17) is 4.74 Å². The van der Waals surface area contributed by atoms with E-state index in [9.17, 15) is 8.42 Å². The minimum Gasteiger partial charge on any atom is -0.494 e. The fourth-order valence-electron chi connectivity index (χ4n) is 3.08. The number of methoxy groups -OCH3 is 1. The number of hydrogen-bond acceptors (Lipinski definition) is 5. The molecule has 0 aliphatic carbocycles. The molecule has 0 saturated heterocycles. The molecule has 0 aliphatic heterocycles. The van der Waals surface area contributed by atoms with E-state index < -0.39 is 10.0 Å². The van der Waals surface area contributed by atoms with Crippen LogP contribution in [-0.2, 0) is 16.6 Å². The Kier molecular flexibility index (Phi) is 5.04. The summed E-state index contributed by atoms with van der Waals surface area (Å²) < 4.78 is 33.9. The van der Waals surface area contributed by atoms with Crippen molar-refractivity contribution in [1.29, 1.82) is 0 Å². The first-order chi connectivity index (χ1) is 14.0. The Bertz CT molecular complexity index is 1230. The molecule has 0 amide bonds. The summed E-state index contributed by atoms with van der Waals surface area (Å²) >= 11 is 0. The fraction of sp³-hybridized carbons (Fsp3) is 0.143. The number of fused-ring (bicyclic) bond motifs is 1. The average Bonchev–Trinajstić information content (AvgIpc) is 3.17. The van der Waals surface area contributed by atoms with Gasteiger partial charge in [0.25, 0.3) is 0 Å². The van der Waals surface area contributed by atoms with Crippen molar-refractivity contribution in [2.24, 2.45) is 0 Å². The molecule has 8 heteroatoms. The summed E-state index contributed by atoms with van der Waals surface area (Å²) in [4.78, 5) is 1.62. The van der Waals surface area contributed by atoms with Gasteiger partial charge in [0.05, 0.1) is 12.0 Å². The Morgan fingerprint density at radius 3 is 2.21 bits per heavy atom. The summed E-state index contributed by atoms with van der Waals surface area (Å²) in [6.45, 7) is 1.95. The van der Waals surface area contributed by atoms with Gasteiger partial charge in [0.15, 0.2) is 0 Å². The predicted molar refractivity (Wildman–Crippen MR) is 111 cm³/mol. The van der Waals surface area contributed by atoms with Crippen molar-refractivity contribution >= 4 is 21.1 Å². The van der Waals surface area contributed by atoms with Crippen LogP contribution in [0.25, 0.3) is 16.7 Å². The van der Waals surface area contributed by atoms with E-state index in [1.165, 1.54) is 18.0 Å². The van der Waals surface area contributed by atoms with Crippen molar-refractivity contribution in [3.05, 3.63) is 77.9 Å². The third-order valence-corrected chi connectivity index (χ3v) is 6.12. The van der Waals surface area contributed by atoms with Crippen molar-refractivity contribution in [3.63, 3.8) is 0 Å². The van der Waals surface area contributed by atoms with Gasteiger partial charge in [0.1, 0.15) is 22.5 Å². The number of aryl methyl sites for hydroxylation is 1. The van der Waals surface area contributed by atoms with Crippen LogP contribution < -0.4 is 9.46 Å². The highest BCUT2D eigenvalue weighted by Gasteiger charge is 2.21. The largest absolute Gasteiger partial charge is 0.494 e. The number of sulfonamides is 1. The molecule has 7 nitrogen and oxygen atoms in total. The second-order valence-corrected chi connectivity index (χ2v) is 8.31. The van der Waals surface area contributed by atoms with E-state index in [-0.39, 0.29) is 11.4 Å². The lowest BCUT2D eigenvalue weighted by Crippen LogP contribution is -2.24. The second kappa shape index (κ2) is 7.65. The number of benzene rings is 3. The van der Waals surface area contributed by atoms with Crippen LogP contribution in [0.2, 0.25) is 0 Å². The lowest BCUT2D eigenvalue weighted by molar-refractivity contribution is 0.408. The molecule has 1 N–H and O–H groups in total. The number of rotatable bonds is 6. The van der Waals surface area contributed by atoms with E-state index >= 15 is 0 Å². The van der Waals surface area contributed by atoms with Crippen LogP contribution in [0.15, 0.2) is 71.6 Å². The van der Waals surface area contributed by atoms with Gasteiger partial charge in [-0.2, -0.15) is 0 Å². The molecule has 4 aromatic rings. The molecule has 0 atom stereocenters. The minimum atomic E-state index is -3.73. The first-order valence-corrected chi connectivity index (χ1v) is 10.5. The molecule has 0 aliphatic rings. The van der Waals surface area contributed by atoms with Crippen LogP contribution in [-0.4, -0.2) is 30.5 Å². The normalized spacial score (nSPS) is 11.7. The van der Waals surface area contributed by atoms with E-state index in [1.807, 2.05) is 54.6 Å². The standard InChI is InChI=1S/C21H20N4O3S/c1-15-12-19(25-23-17-10-6-7-11-18(17)24-25)20(28-2)13-21(15)29(26,27)22-14-16-8-4-3-5-9-16/h3-13,22H,14H2,1-2H3. The van der Waals surface area contributed by atoms with Gasteiger partial charge >= 0.3 is 0 Å². The first kappa shape index (κ1) is 19.1. The maximum atomic E-state index is 12.9. The van der Waals surface area contributed by atoms with Crippen LogP contribution in [0.3, 0.4) is 0 Å². The molecule has 4 rings (SSSR count). The summed E-state index contributed by atoms with van der Waals surface area (Å²) in [5.74, 6) is 0.371. The van der Waals surface area contributed by atoms with Gasteiger partial charge in [-0.05, 0) is 36.2 Å². The molecule has 0 unspecified atom stereocenters. The lowest BCUT2D eigenvalue weighted by Gasteiger charge is -2.14. The Balaban J connectivity index is 1.70. The first-order valence-electron chi connectivity index (χ1n) is 9.02. The van der Waals surface area contributed by atoms with Crippen LogP contribution in [0, 0.1) is 6.92 Å². The maximum absolute atomic E-state index is 12.9. The zero-order valence-electron chi connectivity index (χ0n) is 16.0. The number of nitrogens with one attached hydrogen (secondary N) is 1. The monoisotopic (exact) mass is 408 g/mol. The summed E-state index contributed by atoms with van der Waals surface area (Å²) in [7, 11) is -2.23. The van der Waals surface area contributed by atoms with Crippen molar-refractivity contribution in [1.82, 2.24) is 19.7 Å². The Morgan fingerprint density at radius 1 is 0.966 bits per heavy atom.